The van der Waals surface area contributed by atoms with E-state index in [4.69, 9.17) is 0 Å². The highest BCUT2D eigenvalue weighted by Gasteiger charge is 1.86. The predicted octanol–water partition coefficient (Wildman–Crippen LogP) is 4.26. The van der Waals surface area contributed by atoms with Gasteiger partial charge in [-0.1, -0.05) is 40.0 Å². The van der Waals surface area contributed by atoms with Crippen molar-refractivity contribution in [1.82, 2.24) is 0 Å². The van der Waals surface area contributed by atoms with Gasteiger partial charge >= 0.3 is 0 Å². The molecule has 0 saturated carbocycles. The Hall–Kier alpha value is -0.350. The smallest absolute Gasteiger partial charge is 0.0320 e. The summed E-state index contributed by atoms with van der Waals surface area (Å²) in [6.45, 7) is 10.3. The largest absolute Gasteiger partial charge is 0.0844 e. The van der Waals surface area contributed by atoms with Crippen molar-refractivity contribution in [1.29, 1.82) is 0 Å². The quantitative estimate of drug-likeness (QED) is 0.429. The van der Waals surface area contributed by atoms with E-state index >= 15 is 0 Å². The van der Waals surface area contributed by atoms with Crippen LogP contribution in [0.5, 0.6) is 0 Å². The fourth-order valence-electron chi connectivity index (χ4n) is 0.466. The Labute approximate surface area is 72.8 Å². The molecule has 0 N–H and O–H groups in total. The van der Waals surface area contributed by atoms with Gasteiger partial charge in [-0.15, -0.1) is 0 Å². The van der Waals surface area contributed by atoms with E-state index in [0.29, 0.717) is 0 Å². The van der Waals surface area contributed by atoms with Crippen LogP contribution in [0.3, 0.4) is 0 Å². The molecule has 0 nitrogen and oxygen atoms in total. The molecule has 0 aliphatic rings. The first-order valence-corrected chi connectivity index (χ1v) is 5.13. The van der Waals surface area contributed by atoms with Crippen molar-refractivity contribution >= 4 is 14.5 Å². The van der Waals surface area contributed by atoms with Crippen molar-refractivity contribution in [2.75, 3.05) is 0 Å². The van der Waals surface area contributed by atoms with E-state index in [9.17, 15) is 0 Å². The standard InChI is InChI=1S/C8H13P.C2H6/c1-5-7(2)8(3)6-9-4;1-2/h5-6H,4H2,1-3H3;1-2H3/b7-5-,8-6-;. The molecular weight excluding hydrogens is 151 g/mol. The summed E-state index contributed by atoms with van der Waals surface area (Å²) in [5.74, 6) is 2.11. The summed E-state index contributed by atoms with van der Waals surface area (Å²) >= 11 is 0. The Kier molecular flexibility index (Phi) is 11.6. The lowest BCUT2D eigenvalue weighted by atomic mass is 10.1. The third-order valence-corrected chi connectivity index (χ3v) is 1.91. The second kappa shape index (κ2) is 9.65. The van der Waals surface area contributed by atoms with Crippen LogP contribution in [0.4, 0.5) is 0 Å². The van der Waals surface area contributed by atoms with Crippen LogP contribution in [0.1, 0.15) is 34.6 Å². The Morgan fingerprint density at radius 2 is 1.64 bits per heavy atom. The monoisotopic (exact) mass is 170 g/mol. The zero-order chi connectivity index (χ0) is 9.28. The second-order valence-corrected chi connectivity index (χ2v) is 2.59. The number of allylic oxidation sites excluding steroid dienone is 3. The summed E-state index contributed by atoms with van der Waals surface area (Å²) in [5.41, 5.74) is 2.67. The molecule has 0 saturated heterocycles. The first kappa shape index (κ1) is 13.3. The van der Waals surface area contributed by atoms with E-state index in [1.807, 2.05) is 20.8 Å². The summed E-state index contributed by atoms with van der Waals surface area (Å²) in [4.78, 5) is 0. The van der Waals surface area contributed by atoms with Crippen LogP contribution < -0.4 is 0 Å². The van der Waals surface area contributed by atoms with E-state index in [-0.39, 0.29) is 0 Å². The first-order chi connectivity index (χ1) is 5.22. The molecule has 0 spiro atoms. The summed E-state index contributed by atoms with van der Waals surface area (Å²) in [6, 6.07) is 0. The minimum atomic E-state index is 1.09. The van der Waals surface area contributed by atoms with Crippen LogP contribution in [0.25, 0.3) is 0 Å². The molecule has 0 aliphatic carbocycles. The van der Waals surface area contributed by atoms with E-state index < -0.39 is 0 Å². The molecule has 64 valence electrons. The maximum absolute atomic E-state index is 3.71. The SMILES string of the molecule is C=P/C=C(C)\C(C)=C/C.CC. The average Bonchev–Trinajstić information content (AvgIpc) is 2.07. The van der Waals surface area contributed by atoms with Crippen molar-refractivity contribution < 1.29 is 0 Å². The minimum Gasteiger partial charge on any atom is -0.0844 e. The molecule has 0 fully saturated rings. The van der Waals surface area contributed by atoms with Crippen molar-refractivity contribution in [3.8, 4) is 0 Å². The molecule has 0 heterocycles. The lowest BCUT2D eigenvalue weighted by Crippen LogP contribution is -1.73. The third-order valence-electron chi connectivity index (χ3n) is 1.34. The Balaban J connectivity index is 0. The molecule has 0 radical (unpaired) electrons. The van der Waals surface area contributed by atoms with Crippen LogP contribution in [0, 0.1) is 0 Å². The van der Waals surface area contributed by atoms with Gasteiger partial charge in [0, 0.05) is 0 Å². The second-order valence-electron chi connectivity index (χ2n) is 1.97. The van der Waals surface area contributed by atoms with Gasteiger partial charge in [0.1, 0.15) is 0 Å². The number of hydrogen-bond acceptors (Lipinski definition) is 0. The van der Waals surface area contributed by atoms with Gasteiger partial charge < -0.3 is 0 Å². The number of hydrogen-bond donors (Lipinski definition) is 0. The van der Waals surface area contributed by atoms with Crippen molar-refractivity contribution in [3.63, 3.8) is 0 Å². The fraction of sp³-hybridized carbons (Fsp3) is 0.500. The molecule has 0 aromatic rings. The normalized spacial score (nSPS) is 12.5. The van der Waals surface area contributed by atoms with E-state index in [1.165, 1.54) is 11.1 Å². The average molecular weight is 170 g/mol. The molecule has 0 aromatic carbocycles. The van der Waals surface area contributed by atoms with Crippen molar-refractivity contribution in [3.05, 3.63) is 23.0 Å². The lowest BCUT2D eigenvalue weighted by molar-refractivity contribution is 1.34. The van der Waals surface area contributed by atoms with Gasteiger partial charge in [-0.3, -0.25) is 0 Å². The molecule has 0 bridgehead atoms. The van der Waals surface area contributed by atoms with Gasteiger partial charge in [-0.25, -0.2) is 0 Å². The Morgan fingerprint density at radius 1 is 1.18 bits per heavy atom. The van der Waals surface area contributed by atoms with Crippen LogP contribution in [-0.4, -0.2) is 6.30 Å². The van der Waals surface area contributed by atoms with Gasteiger partial charge in [0.2, 0.25) is 0 Å². The summed E-state index contributed by atoms with van der Waals surface area (Å²) in [6.07, 6.45) is 5.82. The lowest BCUT2D eigenvalue weighted by Gasteiger charge is -1.95. The molecule has 1 heteroatoms. The highest BCUT2D eigenvalue weighted by molar-refractivity contribution is 7.40. The zero-order valence-corrected chi connectivity index (χ0v) is 9.20. The van der Waals surface area contributed by atoms with Crippen LogP contribution in [-0.2, 0) is 0 Å². The maximum atomic E-state index is 3.71. The number of rotatable bonds is 2. The van der Waals surface area contributed by atoms with Gasteiger partial charge in [-0.2, -0.15) is 0 Å². The van der Waals surface area contributed by atoms with Crippen LogP contribution in [0.15, 0.2) is 23.0 Å². The maximum Gasteiger partial charge on any atom is -0.0320 e. The fourth-order valence-corrected chi connectivity index (χ4v) is 0.944. The van der Waals surface area contributed by atoms with Gasteiger partial charge in [0.25, 0.3) is 0 Å². The highest BCUT2D eigenvalue weighted by Crippen LogP contribution is 2.11. The van der Waals surface area contributed by atoms with Crippen molar-refractivity contribution in [2.24, 2.45) is 0 Å². The Morgan fingerprint density at radius 3 is 1.91 bits per heavy atom. The zero-order valence-electron chi connectivity index (χ0n) is 8.31. The first-order valence-electron chi connectivity index (χ1n) is 3.98. The van der Waals surface area contributed by atoms with E-state index in [0.717, 1.165) is 8.20 Å². The molecule has 0 atom stereocenters. The van der Waals surface area contributed by atoms with Crippen molar-refractivity contribution in [2.45, 2.75) is 34.6 Å². The van der Waals surface area contributed by atoms with Crippen LogP contribution in [0.2, 0.25) is 0 Å². The van der Waals surface area contributed by atoms with Crippen LogP contribution >= 0.6 is 8.20 Å². The van der Waals surface area contributed by atoms with E-state index in [1.54, 1.807) is 0 Å². The Bertz CT molecular complexity index is 152. The third kappa shape index (κ3) is 7.55. The molecule has 11 heavy (non-hydrogen) atoms. The molecule has 0 aromatic heterocycles. The molecule has 0 amide bonds. The topological polar surface area (TPSA) is 0 Å². The predicted molar refractivity (Wildman–Crippen MR) is 58.6 cm³/mol. The summed E-state index contributed by atoms with van der Waals surface area (Å²) in [7, 11) is 1.09. The summed E-state index contributed by atoms with van der Waals surface area (Å²) < 4.78 is 0. The molecule has 0 aliphatic heterocycles. The van der Waals surface area contributed by atoms with Gasteiger partial charge in [-0.05, 0) is 32.2 Å². The molecule has 0 rings (SSSR count). The molecular formula is C10H19P. The minimum absolute atomic E-state index is 1.09. The highest BCUT2D eigenvalue weighted by atomic mass is 31.1. The molecule has 0 unspecified atom stereocenters. The summed E-state index contributed by atoms with van der Waals surface area (Å²) in [5, 5.41) is 0. The van der Waals surface area contributed by atoms with E-state index in [2.05, 4.69) is 32.0 Å². The van der Waals surface area contributed by atoms with Gasteiger partial charge in [0.15, 0.2) is 0 Å². The van der Waals surface area contributed by atoms with Gasteiger partial charge in [0.05, 0.1) is 0 Å².